The van der Waals surface area contributed by atoms with Crippen LogP contribution in [0.25, 0.3) is 0 Å². The summed E-state index contributed by atoms with van der Waals surface area (Å²) in [6.07, 6.45) is 0.285. The van der Waals surface area contributed by atoms with E-state index in [-0.39, 0.29) is 24.4 Å². The maximum atomic E-state index is 13.3. The number of sulfonamides is 1. The summed E-state index contributed by atoms with van der Waals surface area (Å²) in [5, 5.41) is 11.5. The number of nitrogens with one attached hydrogen (secondary N) is 1. The highest BCUT2D eigenvalue weighted by molar-refractivity contribution is 7.89. The van der Waals surface area contributed by atoms with E-state index in [1.165, 1.54) is 4.31 Å². The molecule has 0 saturated carbocycles. The van der Waals surface area contributed by atoms with Crippen molar-refractivity contribution >= 4 is 21.6 Å². The van der Waals surface area contributed by atoms with Crippen molar-refractivity contribution in [3.05, 3.63) is 95.1 Å². The number of anilines is 1. The topological polar surface area (TPSA) is 90.3 Å². The molecule has 164 valence electrons. The lowest BCUT2D eigenvalue weighted by Gasteiger charge is -2.22. The van der Waals surface area contributed by atoms with Gasteiger partial charge in [0.2, 0.25) is 15.9 Å². The Balaban J connectivity index is 1.82. The number of hydrogen-bond donors (Lipinski definition) is 1. The van der Waals surface area contributed by atoms with Crippen molar-refractivity contribution in [2.24, 2.45) is 0 Å². The smallest absolute Gasteiger partial charge is 0.243 e. The van der Waals surface area contributed by atoms with Crippen molar-refractivity contribution in [2.45, 2.75) is 31.7 Å². The Hall–Kier alpha value is -3.47. The summed E-state index contributed by atoms with van der Waals surface area (Å²) in [5.74, 6) is -0.444. The van der Waals surface area contributed by atoms with Crippen LogP contribution in [-0.4, -0.2) is 25.2 Å². The van der Waals surface area contributed by atoms with Crippen LogP contribution < -0.4 is 5.32 Å². The second-order valence-electron chi connectivity index (χ2n) is 7.65. The van der Waals surface area contributed by atoms with Gasteiger partial charge in [0.15, 0.2) is 0 Å². The minimum absolute atomic E-state index is 0.0744. The summed E-state index contributed by atoms with van der Waals surface area (Å²) in [6, 6.07) is 23.1. The average Bonchev–Trinajstić information content (AvgIpc) is 2.76. The first-order chi connectivity index (χ1) is 15.3. The highest BCUT2D eigenvalue weighted by atomic mass is 32.2. The van der Waals surface area contributed by atoms with Crippen LogP contribution in [0.15, 0.2) is 77.7 Å². The van der Waals surface area contributed by atoms with E-state index >= 15 is 0 Å². The van der Waals surface area contributed by atoms with Crippen LogP contribution >= 0.6 is 0 Å². The van der Waals surface area contributed by atoms with Gasteiger partial charge in [-0.15, -0.1) is 0 Å². The Morgan fingerprint density at radius 2 is 1.41 bits per heavy atom. The lowest BCUT2D eigenvalue weighted by Crippen LogP contribution is -2.37. The number of hydrogen-bond acceptors (Lipinski definition) is 4. The first kappa shape index (κ1) is 23.2. The summed E-state index contributed by atoms with van der Waals surface area (Å²) in [4.78, 5) is 12.9. The summed E-state index contributed by atoms with van der Waals surface area (Å²) >= 11 is 0. The lowest BCUT2D eigenvalue weighted by molar-refractivity contribution is -0.116. The highest BCUT2D eigenvalue weighted by Gasteiger charge is 2.27. The molecule has 0 heterocycles. The van der Waals surface area contributed by atoms with E-state index in [4.69, 9.17) is 5.26 Å². The van der Waals surface area contributed by atoms with Gasteiger partial charge in [-0.3, -0.25) is 4.79 Å². The lowest BCUT2D eigenvalue weighted by atomic mass is 10.1. The molecule has 7 heteroatoms. The van der Waals surface area contributed by atoms with E-state index in [0.717, 1.165) is 22.3 Å². The quantitative estimate of drug-likeness (QED) is 0.560. The maximum absolute atomic E-state index is 13.3. The van der Waals surface area contributed by atoms with Gasteiger partial charge < -0.3 is 5.32 Å². The molecule has 6 nitrogen and oxygen atoms in total. The molecule has 0 saturated heterocycles. The summed E-state index contributed by atoms with van der Waals surface area (Å²) < 4.78 is 27.9. The number of aryl methyl sites for hydroxylation is 2. The van der Waals surface area contributed by atoms with Crippen LogP contribution in [0.3, 0.4) is 0 Å². The van der Waals surface area contributed by atoms with Gasteiger partial charge in [-0.25, -0.2) is 8.42 Å². The van der Waals surface area contributed by atoms with Crippen LogP contribution in [0, 0.1) is 25.2 Å². The number of nitrogens with zero attached hydrogens (tertiary/aromatic N) is 2. The fourth-order valence-corrected chi connectivity index (χ4v) is 4.52. The van der Waals surface area contributed by atoms with Crippen LogP contribution in [0.2, 0.25) is 0 Å². The summed E-state index contributed by atoms with van der Waals surface area (Å²) in [5.41, 5.74) is 4.19. The van der Waals surface area contributed by atoms with E-state index in [9.17, 15) is 13.2 Å². The Bertz CT molecular complexity index is 1210. The monoisotopic (exact) mass is 447 g/mol. The number of carbonyl (C=O) groups excluding carboxylic acids is 1. The molecule has 3 rings (SSSR count). The zero-order valence-corrected chi connectivity index (χ0v) is 18.9. The van der Waals surface area contributed by atoms with Crippen LogP contribution in [0.5, 0.6) is 0 Å². The first-order valence-electron chi connectivity index (χ1n) is 10.2. The van der Waals surface area contributed by atoms with E-state index in [1.807, 2.05) is 38.1 Å². The molecule has 32 heavy (non-hydrogen) atoms. The van der Waals surface area contributed by atoms with Crippen molar-refractivity contribution in [1.82, 2.24) is 4.31 Å². The van der Waals surface area contributed by atoms with Gasteiger partial charge in [0, 0.05) is 12.2 Å². The fourth-order valence-electron chi connectivity index (χ4n) is 3.14. The minimum atomic E-state index is -3.89. The number of benzene rings is 3. The van der Waals surface area contributed by atoms with E-state index in [1.54, 1.807) is 48.5 Å². The van der Waals surface area contributed by atoms with Crippen molar-refractivity contribution in [3.63, 3.8) is 0 Å². The average molecular weight is 448 g/mol. The predicted octanol–water partition coefficient (Wildman–Crippen LogP) is 4.20. The van der Waals surface area contributed by atoms with E-state index in [2.05, 4.69) is 11.4 Å². The van der Waals surface area contributed by atoms with Crippen molar-refractivity contribution < 1.29 is 13.2 Å². The highest BCUT2D eigenvalue weighted by Crippen LogP contribution is 2.20. The number of rotatable bonds is 8. The van der Waals surface area contributed by atoms with Crippen molar-refractivity contribution in [1.29, 1.82) is 5.26 Å². The molecule has 3 aromatic rings. The summed E-state index contributed by atoms with van der Waals surface area (Å²) in [7, 11) is -3.89. The molecule has 0 radical (unpaired) electrons. The zero-order chi connectivity index (χ0) is 23.1. The second-order valence-corrected chi connectivity index (χ2v) is 9.59. The SMILES string of the molecule is Cc1ccc(CN(CC(=O)Nc2ccc(CC#N)cc2)S(=O)(=O)c2ccc(C)cc2)cc1. The second kappa shape index (κ2) is 10.2. The number of carbonyl (C=O) groups is 1. The molecule has 0 aliphatic carbocycles. The van der Waals surface area contributed by atoms with Crippen LogP contribution in [0.4, 0.5) is 5.69 Å². The van der Waals surface area contributed by atoms with E-state index in [0.29, 0.717) is 5.69 Å². The van der Waals surface area contributed by atoms with E-state index < -0.39 is 15.9 Å². The third-order valence-electron chi connectivity index (χ3n) is 4.98. The number of amides is 1. The van der Waals surface area contributed by atoms with Gasteiger partial charge in [0.1, 0.15) is 0 Å². The van der Waals surface area contributed by atoms with Gasteiger partial charge in [0.05, 0.1) is 23.9 Å². The molecule has 0 unspecified atom stereocenters. The largest absolute Gasteiger partial charge is 0.325 e. The molecule has 0 atom stereocenters. The Morgan fingerprint density at radius 1 is 0.875 bits per heavy atom. The standard InChI is InChI=1S/C25H25N3O3S/c1-19-3-7-22(8-4-19)17-28(32(30,31)24-13-5-20(2)6-14-24)18-25(29)27-23-11-9-21(10-12-23)15-16-26/h3-14H,15,17-18H2,1-2H3,(H,27,29). The molecule has 0 aliphatic heterocycles. The normalized spacial score (nSPS) is 11.2. The van der Waals surface area contributed by atoms with Crippen molar-refractivity contribution in [2.75, 3.05) is 11.9 Å². The van der Waals surface area contributed by atoms with Crippen LogP contribution in [-0.2, 0) is 27.8 Å². The van der Waals surface area contributed by atoms with Gasteiger partial charge in [0.25, 0.3) is 0 Å². The molecule has 0 spiro atoms. The third-order valence-corrected chi connectivity index (χ3v) is 6.79. The van der Waals surface area contributed by atoms with Gasteiger partial charge in [-0.05, 0) is 49.2 Å². The van der Waals surface area contributed by atoms with Gasteiger partial charge in [-0.2, -0.15) is 9.57 Å². The number of nitriles is 1. The maximum Gasteiger partial charge on any atom is 0.243 e. The zero-order valence-electron chi connectivity index (χ0n) is 18.1. The third kappa shape index (κ3) is 6.03. The molecule has 1 amide bonds. The molecular weight excluding hydrogens is 422 g/mol. The first-order valence-corrected chi connectivity index (χ1v) is 11.6. The fraction of sp³-hybridized carbons (Fsp3) is 0.200. The molecule has 1 N–H and O–H groups in total. The van der Waals surface area contributed by atoms with Crippen molar-refractivity contribution in [3.8, 4) is 6.07 Å². The Labute approximate surface area is 189 Å². The Kier molecular flexibility index (Phi) is 7.41. The molecule has 0 bridgehead atoms. The minimum Gasteiger partial charge on any atom is -0.325 e. The van der Waals surface area contributed by atoms with Gasteiger partial charge >= 0.3 is 0 Å². The Morgan fingerprint density at radius 3 is 1.97 bits per heavy atom. The molecule has 0 fully saturated rings. The predicted molar refractivity (Wildman–Crippen MR) is 124 cm³/mol. The molecular formula is C25H25N3O3S. The molecule has 0 aromatic heterocycles. The molecule has 3 aromatic carbocycles. The molecule has 0 aliphatic rings. The van der Waals surface area contributed by atoms with Gasteiger partial charge in [-0.1, -0.05) is 59.7 Å². The summed E-state index contributed by atoms with van der Waals surface area (Å²) in [6.45, 7) is 3.59. The van der Waals surface area contributed by atoms with Crippen LogP contribution in [0.1, 0.15) is 22.3 Å².